The highest BCUT2D eigenvalue weighted by atomic mass is 16.5. The zero-order valence-electron chi connectivity index (χ0n) is 14.2. The zero-order chi connectivity index (χ0) is 16.7. The molecule has 0 radical (unpaired) electrons. The van der Waals surface area contributed by atoms with E-state index in [1.54, 1.807) is 0 Å². The van der Waals surface area contributed by atoms with Crippen molar-refractivity contribution in [2.75, 3.05) is 39.6 Å². The number of ether oxygens (including phenoxy) is 4. The van der Waals surface area contributed by atoms with Gasteiger partial charge in [0, 0.05) is 37.4 Å². The Hall–Kier alpha value is -1.19. The van der Waals surface area contributed by atoms with E-state index in [4.69, 9.17) is 24.2 Å². The van der Waals surface area contributed by atoms with E-state index in [0.29, 0.717) is 13.2 Å². The lowest BCUT2D eigenvalue weighted by atomic mass is 9.81. The molecule has 1 aliphatic carbocycles. The van der Waals surface area contributed by atoms with Gasteiger partial charge in [-0.25, -0.2) is 0 Å². The molecule has 0 amide bonds. The number of nitrogens with zero attached hydrogens (tertiary/aromatic N) is 1. The number of nitriles is 1. The summed E-state index contributed by atoms with van der Waals surface area (Å²) in [4.78, 5) is 0. The van der Waals surface area contributed by atoms with Crippen LogP contribution in [-0.2, 0) is 18.9 Å². The van der Waals surface area contributed by atoms with Crippen molar-refractivity contribution in [2.24, 2.45) is 5.41 Å². The summed E-state index contributed by atoms with van der Waals surface area (Å²) in [6, 6.07) is 2.21. The van der Waals surface area contributed by atoms with E-state index in [1.165, 1.54) is 0 Å². The van der Waals surface area contributed by atoms with Gasteiger partial charge in [0.25, 0.3) is 0 Å². The third kappa shape index (κ3) is 4.90. The molecule has 132 valence electrons. The van der Waals surface area contributed by atoms with Gasteiger partial charge in [0.1, 0.15) is 0 Å². The molecule has 3 aliphatic rings. The van der Waals surface area contributed by atoms with Crippen molar-refractivity contribution < 1.29 is 18.9 Å². The van der Waals surface area contributed by atoms with Crippen LogP contribution in [0.1, 0.15) is 32.1 Å². The van der Waals surface area contributed by atoms with E-state index in [0.717, 1.165) is 64.1 Å². The minimum atomic E-state index is -0.170. The van der Waals surface area contributed by atoms with Gasteiger partial charge in [-0.15, -0.1) is 0 Å². The van der Waals surface area contributed by atoms with Crippen molar-refractivity contribution in [3.63, 3.8) is 0 Å². The molecule has 24 heavy (non-hydrogen) atoms. The molecule has 0 N–H and O–H groups in total. The quantitative estimate of drug-likeness (QED) is 0.748. The molecule has 2 saturated heterocycles. The van der Waals surface area contributed by atoms with Gasteiger partial charge in [-0.2, -0.15) is 5.26 Å². The molecule has 3 rings (SSSR count). The molecular formula is C19H27NO4. The molecule has 2 heterocycles. The lowest BCUT2D eigenvalue weighted by molar-refractivity contribution is -0.0915. The first-order chi connectivity index (χ1) is 11.8. The lowest BCUT2D eigenvalue weighted by Crippen LogP contribution is -2.37. The predicted molar refractivity (Wildman–Crippen MR) is 89.5 cm³/mol. The molecule has 0 aromatic carbocycles. The molecule has 0 aromatic rings. The van der Waals surface area contributed by atoms with Gasteiger partial charge in [0.15, 0.2) is 0 Å². The summed E-state index contributed by atoms with van der Waals surface area (Å²) in [6.45, 7) is 4.39. The second-order valence-electron chi connectivity index (χ2n) is 6.92. The van der Waals surface area contributed by atoms with Crippen molar-refractivity contribution in [2.45, 2.75) is 44.3 Å². The summed E-state index contributed by atoms with van der Waals surface area (Å²) in [5, 5.41) is 9.07. The largest absolute Gasteiger partial charge is 0.381 e. The molecule has 2 aliphatic heterocycles. The van der Waals surface area contributed by atoms with Crippen LogP contribution < -0.4 is 0 Å². The highest BCUT2D eigenvalue weighted by Gasteiger charge is 2.32. The molecule has 0 unspecified atom stereocenters. The van der Waals surface area contributed by atoms with E-state index in [1.807, 2.05) is 12.2 Å². The Morgan fingerprint density at radius 3 is 1.96 bits per heavy atom. The minimum Gasteiger partial charge on any atom is -0.381 e. The van der Waals surface area contributed by atoms with Crippen LogP contribution in [0.5, 0.6) is 0 Å². The Bertz CT molecular complexity index is 474. The molecule has 2 fully saturated rings. The van der Waals surface area contributed by atoms with Crippen LogP contribution in [0.15, 0.2) is 23.8 Å². The van der Waals surface area contributed by atoms with E-state index < -0.39 is 0 Å². The monoisotopic (exact) mass is 333 g/mol. The maximum Gasteiger partial charge on any atom is 0.0988 e. The Kier molecular flexibility index (Phi) is 6.44. The van der Waals surface area contributed by atoms with E-state index in [-0.39, 0.29) is 17.6 Å². The minimum absolute atomic E-state index is 0.170. The second kappa shape index (κ2) is 8.77. The molecule has 5 nitrogen and oxygen atoms in total. The summed E-state index contributed by atoms with van der Waals surface area (Å²) in [7, 11) is 0. The average Bonchev–Trinajstić information content (AvgIpc) is 2.67. The summed E-state index contributed by atoms with van der Waals surface area (Å²) in [5.41, 5.74) is 0.555. The number of allylic oxidation sites excluding steroid dienone is 3. The summed E-state index contributed by atoms with van der Waals surface area (Å²) < 4.78 is 23.2. The third-order valence-electron chi connectivity index (χ3n) is 5.02. The van der Waals surface area contributed by atoms with Crippen molar-refractivity contribution in [3.05, 3.63) is 23.8 Å². The van der Waals surface area contributed by atoms with Crippen LogP contribution in [0.3, 0.4) is 0 Å². The fraction of sp³-hybridized carbons (Fsp3) is 0.737. The molecule has 0 spiro atoms. The Morgan fingerprint density at radius 1 is 1.00 bits per heavy atom. The van der Waals surface area contributed by atoms with Crippen molar-refractivity contribution in [3.8, 4) is 6.07 Å². The molecule has 0 aromatic heterocycles. The fourth-order valence-electron chi connectivity index (χ4n) is 3.31. The molecule has 0 atom stereocenters. The average molecular weight is 333 g/mol. The van der Waals surface area contributed by atoms with Crippen molar-refractivity contribution in [1.29, 1.82) is 5.26 Å². The Labute approximate surface area is 144 Å². The van der Waals surface area contributed by atoms with Gasteiger partial charge in [-0.05, 0) is 38.2 Å². The first kappa shape index (κ1) is 17.6. The third-order valence-corrected chi connectivity index (χ3v) is 5.02. The molecule has 0 saturated carbocycles. The van der Waals surface area contributed by atoms with Crippen LogP contribution in [0, 0.1) is 16.7 Å². The first-order valence-electron chi connectivity index (χ1n) is 8.98. The molecule has 5 heteroatoms. The van der Waals surface area contributed by atoms with Crippen molar-refractivity contribution in [1.82, 2.24) is 0 Å². The maximum absolute atomic E-state index is 9.07. The standard InChI is InChI=1S/C19H27NO4/c20-13-16-1-7-19(8-2-16,14-23-17-3-9-21-10-4-17)15-24-18-5-11-22-12-6-18/h1-2,7,17-18H,3-6,8-12,14-15H2. The van der Waals surface area contributed by atoms with E-state index in [9.17, 15) is 0 Å². The molecular weight excluding hydrogens is 306 g/mol. The number of hydrogen-bond donors (Lipinski definition) is 0. The van der Waals surface area contributed by atoms with Crippen LogP contribution in [0.25, 0.3) is 0 Å². The van der Waals surface area contributed by atoms with Gasteiger partial charge in [-0.1, -0.05) is 12.2 Å². The van der Waals surface area contributed by atoms with Crippen LogP contribution >= 0.6 is 0 Å². The van der Waals surface area contributed by atoms with Crippen LogP contribution in [0.2, 0.25) is 0 Å². The maximum atomic E-state index is 9.07. The van der Waals surface area contributed by atoms with Crippen LogP contribution in [-0.4, -0.2) is 51.8 Å². The fourth-order valence-corrected chi connectivity index (χ4v) is 3.31. The summed E-state index contributed by atoms with van der Waals surface area (Å²) in [6.07, 6.45) is 11.2. The zero-order valence-corrected chi connectivity index (χ0v) is 14.2. The van der Waals surface area contributed by atoms with E-state index >= 15 is 0 Å². The smallest absolute Gasteiger partial charge is 0.0988 e. The first-order valence-corrected chi connectivity index (χ1v) is 8.98. The van der Waals surface area contributed by atoms with Crippen LogP contribution in [0.4, 0.5) is 0 Å². The van der Waals surface area contributed by atoms with Gasteiger partial charge >= 0.3 is 0 Å². The summed E-state index contributed by atoms with van der Waals surface area (Å²) in [5.74, 6) is 0. The lowest BCUT2D eigenvalue weighted by Gasteiger charge is -2.35. The molecule has 0 bridgehead atoms. The second-order valence-corrected chi connectivity index (χ2v) is 6.92. The van der Waals surface area contributed by atoms with E-state index in [2.05, 4.69) is 12.1 Å². The Balaban J connectivity index is 1.57. The normalized spacial score (nSPS) is 25.2. The Morgan fingerprint density at radius 2 is 1.54 bits per heavy atom. The van der Waals surface area contributed by atoms with Gasteiger partial charge in [-0.3, -0.25) is 0 Å². The van der Waals surface area contributed by atoms with Gasteiger partial charge < -0.3 is 18.9 Å². The number of hydrogen-bond acceptors (Lipinski definition) is 5. The van der Waals surface area contributed by atoms with Gasteiger partial charge in [0.05, 0.1) is 31.5 Å². The summed E-state index contributed by atoms with van der Waals surface area (Å²) >= 11 is 0. The van der Waals surface area contributed by atoms with Gasteiger partial charge in [0.2, 0.25) is 0 Å². The highest BCUT2D eigenvalue weighted by molar-refractivity contribution is 5.37. The highest BCUT2D eigenvalue weighted by Crippen LogP contribution is 2.33. The van der Waals surface area contributed by atoms with Crippen molar-refractivity contribution >= 4 is 0 Å². The number of rotatable bonds is 6. The predicted octanol–water partition coefficient (Wildman–Crippen LogP) is 2.77. The SMILES string of the molecule is N#CC1=CCC(COC2CCOCC2)(COC2CCOCC2)C=C1. The topological polar surface area (TPSA) is 60.7 Å².